The van der Waals surface area contributed by atoms with Crippen LogP contribution in [0.2, 0.25) is 6.32 Å². The molecule has 0 radical (unpaired) electrons. The van der Waals surface area contributed by atoms with Gasteiger partial charge in [0.2, 0.25) is 5.91 Å². The van der Waals surface area contributed by atoms with Crippen LogP contribution in [0.25, 0.3) is 0 Å². The number of hydrogen-bond donors (Lipinski definition) is 3. The van der Waals surface area contributed by atoms with Crippen LogP contribution in [-0.2, 0) is 9.53 Å². The summed E-state index contributed by atoms with van der Waals surface area (Å²) in [4.78, 5) is 24.7. The first kappa shape index (κ1) is 19.9. The Hall–Kier alpha value is -2.46. The predicted molar refractivity (Wildman–Crippen MR) is 89.2 cm³/mol. The molecule has 2 amide bonds. The number of hydrogen-bond acceptors (Lipinski definition) is 5. The fraction of sp³-hybridized carbons (Fsp3) is 0.375. The van der Waals surface area contributed by atoms with Crippen LogP contribution < -0.4 is 5.32 Å². The molecule has 1 aromatic rings. The number of carbonyl (C=O) groups is 2. The van der Waals surface area contributed by atoms with E-state index in [-0.39, 0.29) is 19.4 Å². The monoisotopic (exact) mass is 368 g/mol. The summed E-state index contributed by atoms with van der Waals surface area (Å²) in [6.45, 7) is 3.00. The lowest BCUT2D eigenvalue weighted by Gasteiger charge is -2.21. The van der Waals surface area contributed by atoms with Gasteiger partial charge in [-0.25, -0.2) is 13.6 Å². The van der Waals surface area contributed by atoms with Crippen LogP contribution in [0.15, 0.2) is 36.9 Å². The topological polar surface area (TPSA) is 99.1 Å². The van der Waals surface area contributed by atoms with E-state index in [2.05, 4.69) is 11.9 Å². The Morgan fingerprint density at radius 3 is 2.62 bits per heavy atom. The van der Waals surface area contributed by atoms with E-state index in [1.54, 1.807) is 0 Å². The number of likely N-dealkylation sites (tertiary alicyclic amines) is 1. The lowest BCUT2D eigenvalue weighted by Crippen LogP contribution is -2.37. The van der Waals surface area contributed by atoms with Crippen LogP contribution >= 0.6 is 0 Å². The van der Waals surface area contributed by atoms with E-state index in [0.717, 1.165) is 18.2 Å². The molecule has 7 nitrogen and oxygen atoms in total. The minimum absolute atomic E-state index is 0.108. The second kappa shape index (κ2) is 8.77. The molecule has 1 aromatic carbocycles. The number of nitrogens with zero attached hydrogens (tertiary/aromatic N) is 1. The van der Waals surface area contributed by atoms with Crippen LogP contribution in [0.1, 0.15) is 11.6 Å². The van der Waals surface area contributed by atoms with E-state index in [1.807, 2.05) is 0 Å². The van der Waals surface area contributed by atoms with Crippen molar-refractivity contribution in [2.45, 2.75) is 24.6 Å². The van der Waals surface area contributed by atoms with E-state index in [1.165, 1.54) is 17.0 Å². The van der Waals surface area contributed by atoms with Crippen LogP contribution in [0.3, 0.4) is 0 Å². The number of alkyl carbamates (subject to hydrolysis) is 1. The first-order valence-corrected chi connectivity index (χ1v) is 7.94. The zero-order valence-electron chi connectivity index (χ0n) is 13.8. The zero-order valence-corrected chi connectivity index (χ0v) is 13.8. The van der Waals surface area contributed by atoms with Gasteiger partial charge in [0.05, 0.1) is 19.1 Å². The number of alkyl halides is 1. The average molecular weight is 368 g/mol. The predicted octanol–water partition coefficient (Wildman–Crippen LogP) is 0.801. The highest BCUT2D eigenvalue weighted by Gasteiger charge is 2.37. The van der Waals surface area contributed by atoms with Crippen LogP contribution in [0.5, 0.6) is 0 Å². The van der Waals surface area contributed by atoms with E-state index < -0.39 is 43.3 Å². The molecule has 140 valence electrons. The molecule has 1 fully saturated rings. The summed E-state index contributed by atoms with van der Waals surface area (Å²) in [5.41, 5.74) is 0.420. The van der Waals surface area contributed by atoms with E-state index in [9.17, 15) is 28.4 Å². The normalized spacial score (nSPS) is 20.4. The van der Waals surface area contributed by atoms with Gasteiger partial charge in [0, 0.05) is 6.32 Å². The molecular formula is C16H19BF2N2O5. The fourth-order valence-electron chi connectivity index (χ4n) is 2.65. The molecule has 0 aliphatic carbocycles. The molecule has 1 aliphatic heterocycles. The molecule has 0 saturated carbocycles. The Balaban J connectivity index is 1.99. The van der Waals surface area contributed by atoms with Crippen molar-refractivity contribution in [3.8, 4) is 0 Å². The summed E-state index contributed by atoms with van der Waals surface area (Å²) in [5.74, 6) is -0.954. The van der Waals surface area contributed by atoms with Crippen molar-refractivity contribution in [1.29, 1.82) is 0 Å². The highest BCUT2D eigenvalue weighted by molar-refractivity contribution is 6.41. The van der Waals surface area contributed by atoms with Crippen LogP contribution in [0, 0.1) is 5.82 Å². The zero-order chi connectivity index (χ0) is 19.3. The maximum absolute atomic E-state index is 14.0. The molecule has 0 spiro atoms. The summed E-state index contributed by atoms with van der Waals surface area (Å²) < 4.78 is 32.0. The third-order valence-corrected chi connectivity index (χ3v) is 3.95. The van der Waals surface area contributed by atoms with Crippen molar-refractivity contribution in [3.05, 3.63) is 48.3 Å². The standard InChI is InChI=1S/C16H19BF2N2O5/c1-2-15(22)21-8-12(19)14(9-21)26-16(23)20-13(7-17(24)25)10-3-5-11(18)6-4-10/h2-6,12-14,24-25H,1,7-9H2,(H,20,23)/t12-,13-,14-/m1/s1. The van der Waals surface area contributed by atoms with Gasteiger partial charge in [-0.1, -0.05) is 18.7 Å². The van der Waals surface area contributed by atoms with Gasteiger partial charge in [0.25, 0.3) is 0 Å². The summed E-state index contributed by atoms with van der Waals surface area (Å²) >= 11 is 0. The molecule has 2 rings (SSSR count). The number of carbonyl (C=O) groups excluding carboxylic acids is 2. The third kappa shape index (κ3) is 5.27. The number of halogens is 2. The quantitative estimate of drug-likeness (QED) is 0.510. The molecule has 0 aromatic heterocycles. The maximum Gasteiger partial charge on any atom is 0.453 e. The van der Waals surface area contributed by atoms with Gasteiger partial charge in [-0.2, -0.15) is 0 Å². The second-order valence-electron chi connectivity index (χ2n) is 5.87. The number of ether oxygens (including phenoxy) is 1. The number of nitrogens with one attached hydrogen (secondary N) is 1. The van der Waals surface area contributed by atoms with Gasteiger partial charge in [0.15, 0.2) is 12.3 Å². The average Bonchev–Trinajstić information content (AvgIpc) is 2.94. The summed E-state index contributed by atoms with van der Waals surface area (Å²) in [7, 11) is -1.73. The van der Waals surface area contributed by atoms with Crippen LogP contribution in [-0.4, -0.2) is 59.4 Å². The van der Waals surface area contributed by atoms with Crippen molar-refractivity contribution in [1.82, 2.24) is 10.2 Å². The Bertz CT molecular complexity index is 659. The number of rotatable bonds is 6. The molecule has 26 heavy (non-hydrogen) atoms. The second-order valence-corrected chi connectivity index (χ2v) is 5.87. The molecule has 3 atom stereocenters. The smallest absolute Gasteiger partial charge is 0.441 e. The van der Waals surface area contributed by atoms with Gasteiger partial charge in [-0.3, -0.25) is 4.79 Å². The molecule has 0 bridgehead atoms. The molecule has 10 heteroatoms. The molecule has 1 aliphatic rings. The highest BCUT2D eigenvalue weighted by atomic mass is 19.1. The lowest BCUT2D eigenvalue weighted by molar-refractivity contribution is -0.125. The van der Waals surface area contributed by atoms with Crippen LogP contribution in [0.4, 0.5) is 13.6 Å². The largest absolute Gasteiger partial charge is 0.453 e. The van der Waals surface area contributed by atoms with E-state index >= 15 is 0 Å². The molecule has 0 unspecified atom stereocenters. The van der Waals surface area contributed by atoms with Crippen molar-refractivity contribution >= 4 is 19.1 Å². The molecule has 1 saturated heterocycles. The van der Waals surface area contributed by atoms with Crippen molar-refractivity contribution in [3.63, 3.8) is 0 Å². The van der Waals surface area contributed by atoms with Gasteiger partial charge >= 0.3 is 13.2 Å². The fourth-order valence-corrected chi connectivity index (χ4v) is 2.65. The number of benzene rings is 1. The Kier molecular flexibility index (Phi) is 6.70. The van der Waals surface area contributed by atoms with Gasteiger partial charge in [-0.05, 0) is 23.8 Å². The lowest BCUT2D eigenvalue weighted by atomic mass is 9.79. The van der Waals surface area contributed by atoms with Gasteiger partial charge in [0.1, 0.15) is 5.82 Å². The molecule has 3 N–H and O–H groups in total. The van der Waals surface area contributed by atoms with Gasteiger partial charge < -0.3 is 25.0 Å². The first-order valence-electron chi connectivity index (χ1n) is 7.94. The maximum atomic E-state index is 14.0. The summed E-state index contributed by atoms with van der Waals surface area (Å²) in [5, 5.41) is 20.7. The number of amides is 2. The SMILES string of the molecule is C=CC(=O)N1C[C@@H](F)[C@H](OC(=O)N[C@H](CB(O)O)c2ccc(F)cc2)C1. The molecule has 1 heterocycles. The first-order chi connectivity index (χ1) is 12.3. The highest BCUT2D eigenvalue weighted by Crippen LogP contribution is 2.21. The van der Waals surface area contributed by atoms with Crippen molar-refractivity contribution in [2.75, 3.05) is 13.1 Å². The van der Waals surface area contributed by atoms with Crippen molar-refractivity contribution < 1.29 is 33.2 Å². The van der Waals surface area contributed by atoms with E-state index in [0.29, 0.717) is 5.56 Å². The Morgan fingerprint density at radius 1 is 1.38 bits per heavy atom. The Morgan fingerprint density at radius 2 is 2.04 bits per heavy atom. The van der Waals surface area contributed by atoms with Crippen molar-refractivity contribution in [2.24, 2.45) is 0 Å². The molecular weight excluding hydrogens is 349 g/mol. The van der Waals surface area contributed by atoms with E-state index in [4.69, 9.17) is 4.74 Å². The summed E-state index contributed by atoms with van der Waals surface area (Å²) in [6, 6.07) is 4.19. The van der Waals surface area contributed by atoms with Gasteiger partial charge in [-0.15, -0.1) is 0 Å². The summed E-state index contributed by atoms with van der Waals surface area (Å²) in [6.07, 6.45) is -2.90. The minimum atomic E-state index is -1.73. The third-order valence-electron chi connectivity index (χ3n) is 3.95. The Labute approximate surface area is 149 Å². The minimum Gasteiger partial charge on any atom is -0.441 e.